The summed E-state index contributed by atoms with van der Waals surface area (Å²) in [7, 11) is 1.36. The molecule has 0 saturated carbocycles. The van der Waals surface area contributed by atoms with Crippen LogP contribution in [0.4, 0.5) is 0 Å². The summed E-state index contributed by atoms with van der Waals surface area (Å²) < 4.78 is 4.63. The van der Waals surface area contributed by atoms with Crippen molar-refractivity contribution in [3.8, 4) is 33.8 Å². The van der Waals surface area contributed by atoms with Crippen molar-refractivity contribution < 1.29 is 29.6 Å². The summed E-state index contributed by atoms with van der Waals surface area (Å²) in [5.41, 5.74) is 4.62. The van der Waals surface area contributed by atoms with Gasteiger partial charge in [-0.25, -0.2) is 9.59 Å². The van der Waals surface area contributed by atoms with Crippen LogP contribution < -0.4 is 0 Å². The molecule has 0 fully saturated rings. The second kappa shape index (κ2) is 10.6. The number of esters is 1. The molecule has 0 spiro atoms. The fourth-order valence-electron chi connectivity index (χ4n) is 3.03. The van der Waals surface area contributed by atoms with Crippen molar-refractivity contribution in [2.45, 2.75) is 0 Å². The molecule has 166 valence electrons. The fourth-order valence-corrected chi connectivity index (χ4v) is 3.03. The number of rotatable bonds is 4. The Balaban J connectivity index is 0.000000186. The van der Waals surface area contributed by atoms with Crippen LogP contribution in [0.15, 0.2) is 97.1 Å². The Hall–Kier alpha value is -4.58. The van der Waals surface area contributed by atoms with Crippen molar-refractivity contribution in [2.24, 2.45) is 0 Å². The van der Waals surface area contributed by atoms with Gasteiger partial charge in [-0.2, -0.15) is 0 Å². The van der Waals surface area contributed by atoms with E-state index in [1.807, 2.05) is 24.3 Å². The van der Waals surface area contributed by atoms with Crippen LogP contribution in [-0.4, -0.2) is 34.4 Å². The monoisotopic (exact) mass is 442 g/mol. The van der Waals surface area contributed by atoms with Crippen molar-refractivity contribution >= 4 is 11.9 Å². The highest BCUT2D eigenvalue weighted by Crippen LogP contribution is 2.23. The Morgan fingerprint density at radius 2 is 0.848 bits per heavy atom. The highest BCUT2D eigenvalue weighted by molar-refractivity contribution is 5.90. The molecule has 4 aromatic rings. The predicted molar refractivity (Wildman–Crippen MR) is 125 cm³/mol. The standard InChI is InChI=1S/C14H12O3.C13H10O3/c1-17-14(16)12-4-2-10(3-5-12)11-6-8-13(15)9-7-11;14-12-7-5-10(6-8-12)9-1-3-11(4-2-9)13(15)16/h2-9,15H,1H3;1-8,14H,(H,15,16). The van der Waals surface area contributed by atoms with Crippen LogP contribution >= 0.6 is 0 Å². The summed E-state index contributed by atoms with van der Waals surface area (Å²) in [5, 5.41) is 27.1. The van der Waals surface area contributed by atoms with Gasteiger partial charge in [-0.1, -0.05) is 48.5 Å². The topological polar surface area (TPSA) is 104 Å². The first kappa shape index (κ1) is 23.1. The number of aromatic carboxylic acids is 1. The number of aromatic hydroxyl groups is 2. The summed E-state index contributed by atoms with van der Waals surface area (Å²) in [5.74, 6) is -0.828. The molecule has 6 heteroatoms. The van der Waals surface area contributed by atoms with Crippen LogP contribution in [0.3, 0.4) is 0 Å². The first-order chi connectivity index (χ1) is 15.9. The summed E-state index contributed by atoms with van der Waals surface area (Å²) in [6.45, 7) is 0. The molecule has 0 unspecified atom stereocenters. The number of hydrogen-bond acceptors (Lipinski definition) is 5. The van der Waals surface area contributed by atoms with E-state index >= 15 is 0 Å². The molecule has 0 amide bonds. The zero-order valence-corrected chi connectivity index (χ0v) is 17.8. The number of methoxy groups -OCH3 is 1. The minimum Gasteiger partial charge on any atom is -0.508 e. The van der Waals surface area contributed by atoms with E-state index in [1.54, 1.807) is 72.8 Å². The highest BCUT2D eigenvalue weighted by atomic mass is 16.5. The first-order valence-electron chi connectivity index (χ1n) is 9.98. The van der Waals surface area contributed by atoms with Gasteiger partial charge in [-0.3, -0.25) is 0 Å². The van der Waals surface area contributed by atoms with E-state index in [-0.39, 0.29) is 23.0 Å². The van der Waals surface area contributed by atoms with Gasteiger partial charge in [-0.05, 0) is 70.8 Å². The summed E-state index contributed by atoms with van der Waals surface area (Å²) in [6, 6.07) is 27.4. The molecule has 4 aromatic carbocycles. The molecular weight excluding hydrogens is 420 g/mol. The lowest BCUT2D eigenvalue weighted by atomic mass is 10.0. The third-order valence-electron chi connectivity index (χ3n) is 4.84. The van der Waals surface area contributed by atoms with E-state index in [4.69, 9.17) is 10.2 Å². The molecule has 0 atom stereocenters. The summed E-state index contributed by atoms with van der Waals surface area (Å²) in [4.78, 5) is 21.9. The van der Waals surface area contributed by atoms with E-state index in [9.17, 15) is 14.7 Å². The molecular formula is C27H22O6. The molecule has 4 rings (SSSR count). The van der Waals surface area contributed by atoms with Crippen LogP contribution in [-0.2, 0) is 4.74 Å². The quantitative estimate of drug-likeness (QED) is 0.355. The zero-order valence-electron chi connectivity index (χ0n) is 17.8. The van der Waals surface area contributed by atoms with Gasteiger partial charge in [0.25, 0.3) is 0 Å². The Kier molecular flexibility index (Phi) is 7.44. The van der Waals surface area contributed by atoms with Gasteiger partial charge in [0.1, 0.15) is 11.5 Å². The largest absolute Gasteiger partial charge is 0.508 e. The van der Waals surface area contributed by atoms with Gasteiger partial charge in [0.2, 0.25) is 0 Å². The van der Waals surface area contributed by atoms with Gasteiger partial charge in [0.15, 0.2) is 0 Å². The molecule has 0 aliphatic carbocycles. The number of phenols is 2. The average Bonchev–Trinajstić information content (AvgIpc) is 2.85. The molecule has 3 N–H and O–H groups in total. The van der Waals surface area contributed by atoms with Crippen molar-refractivity contribution in [1.29, 1.82) is 0 Å². The number of benzene rings is 4. The van der Waals surface area contributed by atoms with Crippen LogP contribution in [0.1, 0.15) is 20.7 Å². The average molecular weight is 442 g/mol. The number of carbonyl (C=O) groups excluding carboxylic acids is 1. The molecule has 6 nitrogen and oxygen atoms in total. The maximum absolute atomic E-state index is 11.3. The molecule has 0 bridgehead atoms. The number of phenolic OH excluding ortho intramolecular Hbond substituents is 2. The van der Waals surface area contributed by atoms with Gasteiger partial charge < -0.3 is 20.1 Å². The maximum atomic E-state index is 11.3. The SMILES string of the molecule is COC(=O)c1ccc(-c2ccc(O)cc2)cc1.O=C(O)c1ccc(-c2ccc(O)cc2)cc1. The molecule has 0 saturated heterocycles. The zero-order chi connectivity index (χ0) is 23.8. The number of carboxylic acid groups (broad SMARTS) is 1. The van der Waals surface area contributed by atoms with E-state index < -0.39 is 5.97 Å². The fraction of sp³-hybridized carbons (Fsp3) is 0.0370. The second-order valence-corrected chi connectivity index (χ2v) is 7.05. The predicted octanol–water partition coefficient (Wildman–Crippen LogP) is 5.60. The van der Waals surface area contributed by atoms with Crippen molar-refractivity contribution in [1.82, 2.24) is 0 Å². The Bertz CT molecular complexity index is 1210. The summed E-state index contributed by atoms with van der Waals surface area (Å²) >= 11 is 0. The third kappa shape index (κ3) is 6.21. The number of ether oxygens (including phenoxy) is 1. The lowest BCUT2D eigenvalue weighted by Gasteiger charge is -2.03. The molecule has 0 aliphatic heterocycles. The minimum absolute atomic E-state index is 0.214. The summed E-state index contributed by atoms with van der Waals surface area (Å²) in [6.07, 6.45) is 0. The highest BCUT2D eigenvalue weighted by Gasteiger charge is 2.05. The van der Waals surface area contributed by atoms with Gasteiger partial charge in [0, 0.05) is 0 Å². The lowest BCUT2D eigenvalue weighted by molar-refractivity contribution is 0.0599. The number of carbonyl (C=O) groups is 2. The molecule has 33 heavy (non-hydrogen) atoms. The maximum Gasteiger partial charge on any atom is 0.337 e. The van der Waals surface area contributed by atoms with Gasteiger partial charge in [-0.15, -0.1) is 0 Å². The van der Waals surface area contributed by atoms with Crippen molar-refractivity contribution in [3.05, 3.63) is 108 Å². The molecule has 0 heterocycles. The van der Waals surface area contributed by atoms with Crippen LogP contribution in [0.5, 0.6) is 11.5 Å². The third-order valence-corrected chi connectivity index (χ3v) is 4.84. The Morgan fingerprint density at radius 1 is 0.545 bits per heavy atom. The normalized spacial score (nSPS) is 9.97. The first-order valence-corrected chi connectivity index (χ1v) is 9.98. The van der Waals surface area contributed by atoms with Gasteiger partial charge >= 0.3 is 11.9 Å². The lowest BCUT2D eigenvalue weighted by Crippen LogP contribution is -2.00. The van der Waals surface area contributed by atoms with E-state index in [1.165, 1.54) is 7.11 Å². The number of carboxylic acids is 1. The van der Waals surface area contributed by atoms with E-state index in [0.717, 1.165) is 22.3 Å². The molecule has 0 aromatic heterocycles. The van der Waals surface area contributed by atoms with Crippen LogP contribution in [0.25, 0.3) is 22.3 Å². The van der Waals surface area contributed by atoms with E-state index in [0.29, 0.717) is 5.56 Å². The molecule has 0 aliphatic rings. The smallest absolute Gasteiger partial charge is 0.337 e. The van der Waals surface area contributed by atoms with Crippen LogP contribution in [0, 0.1) is 0 Å². The second-order valence-electron chi connectivity index (χ2n) is 7.05. The van der Waals surface area contributed by atoms with Gasteiger partial charge in [0.05, 0.1) is 18.2 Å². The van der Waals surface area contributed by atoms with Crippen molar-refractivity contribution in [2.75, 3.05) is 7.11 Å². The van der Waals surface area contributed by atoms with Crippen LogP contribution in [0.2, 0.25) is 0 Å². The Morgan fingerprint density at radius 3 is 1.15 bits per heavy atom. The number of hydrogen-bond donors (Lipinski definition) is 3. The molecule has 0 radical (unpaired) electrons. The van der Waals surface area contributed by atoms with Crippen molar-refractivity contribution in [3.63, 3.8) is 0 Å². The van der Waals surface area contributed by atoms with E-state index in [2.05, 4.69) is 4.74 Å². The minimum atomic E-state index is -0.933. The Labute approximate surface area is 191 Å².